The van der Waals surface area contributed by atoms with E-state index in [1.807, 2.05) is 0 Å². The zero-order valence-corrected chi connectivity index (χ0v) is 44.5. The molecule has 0 aliphatic rings. The van der Waals surface area contributed by atoms with Gasteiger partial charge in [0.15, 0.2) is 6.10 Å². The number of hydrogen-bond acceptors (Lipinski definition) is 5. The second-order valence-corrected chi connectivity index (χ2v) is 19.5. The fourth-order valence-corrected chi connectivity index (χ4v) is 8.46. The second-order valence-electron chi connectivity index (χ2n) is 19.5. The van der Waals surface area contributed by atoms with E-state index in [1.165, 1.54) is 205 Å². The molecule has 0 aromatic carbocycles. The van der Waals surface area contributed by atoms with Crippen LogP contribution in [0.1, 0.15) is 303 Å². The highest BCUT2D eigenvalue weighted by molar-refractivity contribution is 5.70. The molecule has 0 N–H and O–H groups in total. The minimum atomic E-state index is -0.544. The van der Waals surface area contributed by atoms with Crippen LogP contribution in [0.4, 0.5) is 0 Å². The van der Waals surface area contributed by atoms with Crippen LogP contribution in [0.2, 0.25) is 0 Å². The van der Waals surface area contributed by atoms with Crippen LogP contribution in [0, 0.1) is 0 Å². The van der Waals surface area contributed by atoms with Crippen LogP contribution >= 0.6 is 0 Å². The molecule has 0 aliphatic carbocycles. The number of ether oxygens (including phenoxy) is 3. The predicted molar refractivity (Wildman–Crippen MR) is 288 cm³/mol. The van der Waals surface area contributed by atoms with E-state index in [0.717, 1.165) is 64.2 Å². The third-order valence-corrected chi connectivity index (χ3v) is 12.8. The molecule has 0 aliphatic heterocycles. The van der Waals surface area contributed by atoms with Gasteiger partial charge in [-0.2, -0.15) is 0 Å². The van der Waals surface area contributed by atoms with E-state index >= 15 is 0 Å². The molecule has 0 aromatic heterocycles. The van der Waals surface area contributed by atoms with Crippen LogP contribution in [0.5, 0.6) is 0 Å². The van der Waals surface area contributed by atoms with Crippen LogP contribution in [0.3, 0.4) is 0 Å². The van der Waals surface area contributed by atoms with Crippen LogP contribution in [0.25, 0.3) is 0 Å². The number of unbranched alkanes of at least 4 members (excludes halogenated alkanes) is 35. The molecule has 1 unspecified atom stereocenters. The van der Waals surface area contributed by atoms with E-state index < -0.39 is 6.10 Å². The summed E-state index contributed by atoms with van der Waals surface area (Å²) in [5.41, 5.74) is 0. The van der Waals surface area contributed by atoms with Crippen molar-refractivity contribution in [3.63, 3.8) is 0 Å². The number of esters is 2. The molecule has 0 bridgehead atoms. The molecule has 66 heavy (non-hydrogen) atoms. The van der Waals surface area contributed by atoms with Gasteiger partial charge < -0.3 is 14.2 Å². The number of rotatable bonds is 54. The van der Waals surface area contributed by atoms with Gasteiger partial charge in [-0.25, -0.2) is 0 Å². The smallest absolute Gasteiger partial charge is 0.306 e. The van der Waals surface area contributed by atoms with Gasteiger partial charge in [-0.05, 0) is 77.0 Å². The summed E-state index contributed by atoms with van der Waals surface area (Å²) in [6.07, 6.45) is 71.3. The third-order valence-electron chi connectivity index (χ3n) is 12.8. The highest BCUT2D eigenvalue weighted by Gasteiger charge is 2.17. The van der Waals surface area contributed by atoms with Gasteiger partial charge in [-0.1, -0.05) is 262 Å². The molecule has 0 saturated heterocycles. The molecule has 0 aromatic rings. The van der Waals surface area contributed by atoms with Crippen LogP contribution in [-0.2, 0) is 23.8 Å². The van der Waals surface area contributed by atoms with Crippen molar-refractivity contribution in [1.82, 2.24) is 0 Å². The fraction of sp³-hybridized carbons (Fsp3) is 0.836. The standard InChI is InChI=1S/C61H112O5/c1-4-7-10-13-16-19-22-25-27-29-30-31-33-35-38-41-44-47-50-53-56-64-57-59(66-61(63)55-52-49-46-43-40-36-24-21-18-15-12-9-6-3)58-65-60(62)54-51-48-45-42-39-37-34-32-28-26-23-20-17-14-11-8-5-2/h12,15,17,20-21,24,26,28,59H,4-11,13-14,16,18-19,22-23,25,27,29-58H2,1-3H3/b15-12-,20-17-,24-21-,28-26-. The number of allylic oxidation sites excluding steroid dienone is 8. The van der Waals surface area contributed by atoms with Crippen molar-refractivity contribution in [2.75, 3.05) is 19.8 Å². The number of carbonyl (C=O) groups excluding carboxylic acids is 2. The molecule has 0 radical (unpaired) electrons. The van der Waals surface area contributed by atoms with Gasteiger partial charge in [0, 0.05) is 19.4 Å². The van der Waals surface area contributed by atoms with Gasteiger partial charge >= 0.3 is 11.9 Å². The maximum Gasteiger partial charge on any atom is 0.306 e. The Hall–Kier alpha value is -2.14. The summed E-state index contributed by atoms with van der Waals surface area (Å²) in [6, 6.07) is 0. The second kappa shape index (κ2) is 57.2. The molecule has 0 heterocycles. The van der Waals surface area contributed by atoms with Gasteiger partial charge in [0.1, 0.15) is 6.61 Å². The Bertz CT molecular complexity index is 1090. The summed E-state index contributed by atoms with van der Waals surface area (Å²) in [6.45, 7) is 7.77. The van der Waals surface area contributed by atoms with Crippen LogP contribution < -0.4 is 0 Å². The average molecular weight is 926 g/mol. The zero-order valence-electron chi connectivity index (χ0n) is 44.5. The van der Waals surface area contributed by atoms with E-state index in [0.29, 0.717) is 19.4 Å². The minimum absolute atomic E-state index is 0.0788. The minimum Gasteiger partial charge on any atom is -0.462 e. The monoisotopic (exact) mass is 925 g/mol. The predicted octanol–water partition coefficient (Wildman–Crippen LogP) is 19.9. The van der Waals surface area contributed by atoms with Crippen molar-refractivity contribution in [3.05, 3.63) is 48.6 Å². The maximum absolute atomic E-state index is 12.8. The summed E-state index contributed by atoms with van der Waals surface area (Å²) >= 11 is 0. The molecule has 0 saturated carbocycles. The third kappa shape index (κ3) is 54.5. The molecule has 5 nitrogen and oxygen atoms in total. The van der Waals surface area contributed by atoms with Crippen molar-refractivity contribution in [2.45, 2.75) is 309 Å². The van der Waals surface area contributed by atoms with Gasteiger partial charge in [-0.3, -0.25) is 9.59 Å². The molecular formula is C61H112O5. The van der Waals surface area contributed by atoms with Gasteiger partial charge in [0.25, 0.3) is 0 Å². The Morgan fingerprint density at radius 2 is 0.667 bits per heavy atom. The average Bonchev–Trinajstić information content (AvgIpc) is 3.32. The quantitative estimate of drug-likeness (QED) is 0.0345. The summed E-state index contributed by atoms with van der Waals surface area (Å²) in [7, 11) is 0. The highest BCUT2D eigenvalue weighted by atomic mass is 16.6. The molecule has 0 amide bonds. The molecule has 0 spiro atoms. The first-order valence-electron chi connectivity index (χ1n) is 29.2. The topological polar surface area (TPSA) is 61.8 Å². The van der Waals surface area contributed by atoms with E-state index in [9.17, 15) is 9.59 Å². The largest absolute Gasteiger partial charge is 0.462 e. The lowest BCUT2D eigenvalue weighted by Crippen LogP contribution is -2.30. The van der Waals surface area contributed by atoms with E-state index in [1.54, 1.807) is 0 Å². The lowest BCUT2D eigenvalue weighted by atomic mass is 10.0. The van der Waals surface area contributed by atoms with Gasteiger partial charge in [-0.15, -0.1) is 0 Å². The maximum atomic E-state index is 12.8. The Kier molecular flexibility index (Phi) is 55.3. The van der Waals surface area contributed by atoms with Crippen molar-refractivity contribution in [2.24, 2.45) is 0 Å². The summed E-state index contributed by atoms with van der Waals surface area (Å²) in [5.74, 6) is -0.408. The Morgan fingerprint density at radius 1 is 0.333 bits per heavy atom. The van der Waals surface area contributed by atoms with Gasteiger partial charge in [0.05, 0.1) is 6.61 Å². The lowest BCUT2D eigenvalue weighted by molar-refractivity contribution is -0.163. The van der Waals surface area contributed by atoms with Crippen molar-refractivity contribution < 1.29 is 23.8 Å². The molecular weight excluding hydrogens is 813 g/mol. The summed E-state index contributed by atoms with van der Waals surface area (Å²) < 4.78 is 17.5. The SMILES string of the molecule is CCC/C=C\C/C=C\CCCCCCCC(=O)OC(COCCCCCCCCCCCCCCCCCCCCCC)COC(=O)CCCCCCCCC/C=C\C/C=C\CCCCC. The first kappa shape index (κ1) is 63.9. The molecule has 0 rings (SSSR count). The zero-order chi connectivity index (χ0) is 47.7. The van der Waals surface area contributed by atoms with Crippen molar-refractivity contribution >= 4 is 11.9 Å². The molecule has 386 valence electrons. The summed E-state index contributed by atoms with van der Waals surface area (Å²) in [5, 5.41) is 0. The molecule has 1 atom stereocenters. The van der Waals surface area contributed by atoms with Crippen LogP contribution in [-0.4, -0.2) is 37.9 Å². The number of hydrogen-bond donors (Lipinski definition) is 0. The van der Waals surface area contributed by atoms with Crippen molar-refractivity contribution in [3.8, 4) is 0 Å². The van der Waals surface area contributed by atoms with E-state index in [4.69, 9.17) is 14.2 Å². The Morgan fingerprint density at radius 3 is 1.09 bits per heavy atom. The van der Waals surface area contributed by atoms with E-state index in [2.05, 4.69) is 69.4 Å². The fourth-order valence-electron chi connectivity index (χ4n) is 8.46. The summed E-state index contributed by atoms with van der Waals surface area (Å²) in [4.78, 5) is 25.5. The molecule has 0 fully saturated rings. The van der Waals surface area contributed by atoms with E-state index in [-0.39, 0.29) is 25.2 Å². The first-order valence-corrected chi connectivity index (χ1v) is 29.2. The Labute approximate surface area is 412 Å². The Balaban J connectivity index is 4.22. The highest BCUT2D eigenvalue weighted by Crippen LogP contribution is 2.16. The lowest BCUT2D eigenvalue weighted by Gasteiger charge is -2.18. The molecule has 5 heteroatoms. The first-order chi connectivity index (χ1) is 32.6. The van der Waals surface area contributed by atoms with Gasteiger partial charge in [0.2, 0.25) is 0 Å². The van der Waals surface area contributed by atoms with Crippen molar-refractivity contribution in [1.29, 1.82) is 0 Å². The number of carbonyl (C=O) groups is 2. The van der Waals surface area contributed by atoms with Crippen LogP contribution in [0.15, 0.2) is 48.6 Å². The normalized spacial score (nSPS) is 12.5.